The molecule has 2 rings (SSSR count). The first-order chi connectivity index (χ1) is 8.65. The summed E-state index contributed by atoms with van der Waals surface area (Å²) in [7, 11) is 0. The van der Waals surface area contributed by atoms with Gasteiger partial charge < -0.3 is 5.32 Å². The Bertz CT molecular complexity index is 421. The molecule has 1 aromatic carbocycles. The Balaban J connectivity index is 1.79. The Kier molecular flexibility index (Phi) is 4.04. The summed E-state index contributed by atoms with van der Waals surface area (Å²) in [5.41, 5.74) is 3.01. The third-order valence-electron chi connectivity index (χ3n) is 3.89. The highest BCUT2D eigenvalue weighted by Gasteiger charge is 2.41. The van der Waals surface area contributed by atoms with Gasteiger partial charge in [-0.2, -0.15) is 5.26 Å². The Morgan fingerprint density at radius 3 is 2.44 bits per heavy atom. The van der Waals surface area contributed by atoms with Crippen molar-refractivity contribution in [3.63, 3.8) is 0 Å². The molecule has 0 heterocycles. The standard InChI is InChI=1S/C16H22N2/c1-13(2)15-5-3-14(4-6-15)11-18-12-16(7-8-16)9-10-17/h3-6,13,18H,7-9,11-12H2,1-2H3. The van der Waals surface area contributed by atoms with Gasteiger partial charge in [0, 0.05) is 19.5 Å². The van der Waals surface area contributed by atoms with Gasteiger partial charge in [-0.05, 0) is 35.3 Å². The van der Waals surface area contributed by atoms with Crippen LogP contribution in [0.25, 0.3) is 0 Å². The van der Waals surface area contributed by atoms with E-state index in [0.717, 1.165) is 13.1 Å². The number of benzene rings is 1. The molecular weight excluding hydrogens is 220 g/mol. The zero-order chi connectivity index (χ0) is 13.0. The Morgan fingerprint density at radius 2 is 1.94 bits per heavy atom. The van der Waals surface area contributed by atoms with Crippen LogP contribution in [0, 0.1) is 16.7 Å². The molecule has 0 unspecified atom stereocenters. The lowest BCUT2D eigenvalue weighted by Crippen LogP contribution is -2.23. The first-order valence-corrected chi connectivity index (χ1v) is 6.82. The maximum absolute atomic E-state index is 8.76. The average molecular weight is 242 g/mol. The topological polar surface area (TPSA) is 35.8 Å². The second-order valence-corrected chi connectivity index (χ2v) is 5.83. The van der Waals surface area contributed by atoms with Gasteiger partial charge in [-0.15, -0.1) is 0 Å². The Labute approximate surface area is 110 Å². The van der Waals surface area contributed by atoms with E-state index in [4.69, 9.17) is 5.26 Å². The summed E-state index contributed by atoms with van der Waals surface area (Å²) in [6.07, 6.45) is 3.12. The third kappa shape index (κ3) is 3.34. The maximum Gasteiger partial charge on any atom is 0.0628 e. The normalized spacial score (nSPS) is 16.6. The minimum Gasteiger partial charge on any atom is -0.312 e. The van der Waals surface area contributed by atoms with E-state index >= 15 is 0 Å². The highest BCUT2D eigenvalue weighted by atomic mass is 14.9. The zero-order valence-corrected chi connectivity index (χ0v) is 11.4. The van der Waals surface area contributed by atoms with Crippen LogP contribution < -0.4 is 5.32 Å². The first-order valence-electron chi connectivity index (χ1n) is 6.82. The van der Waals surface area contributed by atoms with E-state index in [-0.39, 0.29) is 0 Å². The summed E-state index contributed by atoms with van der Waals surface area (Å²) in [4.78, 5) is 0. The number of nitrogens with one attached hydrogen (secondary N) is 1. The predicted molar refractivity (Wildman–Crippen MR) is 74.1 cm³/mol. The smallest absolute Gasteiger partial charge is 0.0628 e. The van der Waals surface area contributed by atoms with Gasteiger partial charge in [-0.25, -0.2) is 0 Å². The molecule has 0 saturated heterocycles. The van der Waals surface area contributed by atoms with Crippen LogP contribution in [0.15, 0.2) is 24.3 Å². The van der Waals surface area contributed by atoms with E-state index < -0.39 is 0 Å². The molecule has 2 nitrogen and oxygen atoms in total. The fourth-order valence-electron chi connectivity index (χ4n) is 2.25. The van der Waals surface area contributed by atoms with E-state index in [1.165, 1.54) is 24.0 Å². The van der Waals surface area contributed by atoms with Gasteiger partial charge >= 0.3 is 0 Å². The minimum atomic E-state index is 0.298. The lowest BCUT2D eigenvalue weighted by atomic mass is 10.0. The van der Waals surface area contributed by atoms with Gasteiger partial charge in [-0.3, -0.25) is 0 Å². The molecular formula is C16H22N2. The van der Waals surface area contributed by atoms with Crippen molar-refractivity contribution in [2.45, 2.75) is 45.6 Å². The second kappa shape index (κ2) is 5.54. The van der Waals surface area contributed by atoms with E-state index in [1.54, 1.807) is 0 Å². The molecule has 1 N–H and O–H groups in total. The van der Waals surface area contributed by atoms with E-state index in [0.29, 0.717) is 17.8 Å². The molecule has 0 atom stereocenters. The lowest BCUT2D eigenvalue weighted by Gasteiger charge is -2.12. The Hall–Kier alpha value is -1.33. The van der Waals surface area contributed by atoms with Crippen LogP contribution in [0.4, 0.5) is 0 Å². The largest absolute Gasteiger partial charge is 0.312 e. The summed E-state index contributed by atoms with van der Waals surface area (Å²) in [5.74, 6) is 0.595. The lowest BCUT2D eigenvalue weighted by molar-refractivity contribution is 0.466. The molecule has 0 radical (unpaired) electrons. The van der Waals surface area contributed by atoms with Crippen LogP contribution >= 0.6 is 0 Å². The number of hydrogen-bond donors (Lipinski definition) is 1. The number of nitriles is 1. The summed E-state index contributed by atoms with van der Waals surface area (Å²) < 4.78 is 0. The molecule has 1 fully saturated rings. The van der Waals surface area contributed by atoms with Crippen LogP contribution in [-0.2, 0) is 6.54 Å². The van der Waals surface area contributed by atoms with Gasteiger partial charge in [0.2, 0.25) is 0 Å². The SMILES string of the molecule is CC(C)c1ccc(CNCC2(CC#N)CC2)cc1. The molecule has 0 bridgehead atoms. The molecule has 1 saturated carbocycles. The second-order valence-electron chi connectivity index (χ2n) is 5.83. The van der Waals surface area contributed by atoms with E-state index in [9.17, 15) is 0 Å². The van der Waals surface area contributed by atoms with E-state index in [2.05, 4.69) is 49.5 Å². The molecule has 0 aliphatic heterocycles. The van der Waals surface area contributed by atoms with Crippen molar-refractivity contribution in [3.8, 4) is 6.07 Å². The monoisotopic (exact) mass is 242 g/mol. The predicted octanol–water partition coefficient (Wildman–Crippen LogP) is 3.59. The highest BCUT2D eigenvalue weighted by molar-refractivity contribution is 5.24. The minimum absolute atomic E-state index is 0.298. The summed E-state index contributed by atoms with van der Waals surface area (Å²) in [6.45, 7) is 6.32. The van der Waals surface area contributed by atoms with Crippen molar-refractivity contribution in [1.82, 2.24) is 5.32 Å². The Morgan fingerprint density at radius 1 is 1.28 bits per heavy atom. The third-order valence-corrected chi connectivity index (χ3v) is 3.89. The van der Waals surface area contributed by atoms with Crippen LogP contribution in [-0.4, -0.2) is 6.54 Å². The van der Waals surface area contributed by atoms with Crippen molar-refractivity contribution >= 4 is 0 Å². The summed E-state index contributed by atoms with van der Waals surface area (Å²) in [6, 6.07) is 11.1. The molecule has 0 aromatic heterocycles. The molecule has 2 heteroatoms. The van der Waals surface area contributed by atoms with Gasteiger partial charge in [0.15, 0.2) is 0 Å². The molecule has 1 aliphatic carbocycles. The number of nitrogens with zero attached hydrogens (tertiary/aromatic N) is 1. The van der Waals surface area contributed by atoms with E-state index in [1.807, 2.05) is 0 Å². The molecule has 18 heavy (non-hydrogen) atoms. The maximum atomic E-state index is 8.76. The van der Waals surface area contributed by atoms with Crippen molar-refractivity contribution in [1.29, 1.82) is 5.26 Å². The molecule has 0 amide bonds. The fourth-order valence-corrected chi connectivity index (χ4v) is 2.25. The van der Waals surface area contributed by atoms with Crippen LogP contribution in [0.3, 0.4) is 0 Å². The van der Waals surface area contributed by atoms with Gasteiger partial charge in [0.25, 0.3) is 0 Å². The van der Waals surface area contributed by atoms with Crippen LogP contribution in [0.5, 0.6) is 0 Å². The quantitative estimate of drug-likeness (QED) is 0.827. The first kappa shape index (κ1) is 13.1. The highest BCUT2D eigenvalue weighted by Crippen LogP contribution is 2.47. The molecule has 1 aliphatic rings. The number of rotatable bonds is 6. The van der Waals surface area contributed by atoms with Crippen molar-refractivity contribution < 1.29 is 0 Å². The van der Waals surface area contributed by atoms with Crippen LogP contribution in [0.2, 0.25) is 0 Å². The fraction of sp³-hybridized carbons (Fsp3) is 0.562. The van der Waals surface area contributed by atoms with Crippen LogP contribution in [0.1, 0.15) is 50.2 Å². The van der Waals surface area contributed by atoms with Gasteiger partial charge in [0.05, 0.1) is 6.07 Å². The van der Waals surface area contributed by atoms with Crippen molar-refractivity contribution in [2.75, 3.05) is 6.54 Å². The van der Waals surface area contributed by atoms with Gasteiger partial charge in [0.1, 0.15) is 0 Å². The van der Waals surface area contributed by atoms with Crippen molar-refractivity contribution in [2.24, 2.45) is 5.41 Å². The van der Waals surface area contributed by atoms with Crippen molar-refractivity contribution in [3.05, 3.63) is 35.4 Å². The molecule has 0 spiro atoms. The summed E-state index contributed by atoms with van der Waals surface area (Å²) in [5, 5.41) is 12.2. The molecule has 1 aromatic rings. The molecule has 96 valence electrons. The average Bonchev–Trinajstić information content (AvgIpc) is 3.10. The van der Waals surface area contributed by atoms with Gasteiger partial charge in [-0.1, -0.05) is 38.1 Å². The number of hydrogen-bond acceptors (Lipinski definition) is 2. The zero-order valence-electron chi connectivity index (χ0n) is 11.4. The summed E-state index contributed by atoms with van der Waals surface area (Å²) >= 11 is 0.